The SMILES string of the molecule is COCC(=O)Nc1ccc(Oc2c(C)c(C(=O)O)nn2-c2ccc(OC)cc2)c(S(=O)(=O)NCc2ccco2)c1. The second-order valence-electron chi connectivity index (χ2n) is 8.34. The van der Waals surface area contributed by atoms with Crippen molar-refractivity contribution in [1.82, 2.24) is 14.5 Å². The molecule has 0 saturated heterocycles. The summed E-state index contributed by atoms with van der Waals surface area (Å²) in [4.78, 5) is 23.6. The lowest BCUT2D eigenvalue weighted by molar-refractivity contribution is -0.119. The Labute approximate surface area is 229 Å². The van der Waals surface area contributed by atoms with Crippen molar-refractivity contribution in [3.63, 3.8) is 0 Å². The number of furan rings is 1. The van der Waals surface area contributed by atoms with Gasteiger partial charge >= 0.3 is 5.97 Å². The number of aromatic nitrogens is 2. The molecule has 2 heterocycles. The molecular weight excluding hydrogens is 544 g/mol. The number of methoxy groups -OCH3 is 2. The van der Waals surface area contributed by atoms with Crippen LogP contribution < -0.4 is 19.5 Å². The quantitative estimate of drug-likeness (QED) is 0.229. The number of hydrogen-bond donors (Lipinski definition) is 3. The predicted molar refractivity (Wildman–Crippen MR) is 142 cm³/mol. The standard InChI is InChI=1S/C26H26N4O9S/c1-16-24(26(32)33)29-30(18-7-9-19(37-3)10-8-18)25(16)39-21-11-6-17(28-23(31)15-36-2)13-22(21)40(34,35)27-14-20-5-4-12-38-20/h4-13,27H,14-15H2,1-3H3,(H,28,31)(H,32,33). The average molecular weight is 571 g/mol. The normalized spacial score (nSPS) is 11.3. The fraction of sp³-hybridized carbons (Fsp3) is 0.192. The fourth-order valence-electron chi connectivity index (χ4n) is 3.67. The molecule has 1 amide bonds. The number of hydrogen-bond acceptors (Lipinski definition) is 9. The third kappa shape index (κ3) is 6.31. The number of carboxylic acids is 1. The molecule has 4 aromatic rings. The molecule has 0 aliphatic rings. The van der Waals surface area contributed by atoms with E-state index in [2.05, 4.69) is 15.1 Å². The van der Waals surface area contributed by atoms with E-state index in [9.17, 15) is 23.1 Å². The van der Waals surface area contributed by atoms with Crippen LogP contribution in [0.15, 0.2) is 70.2 Å². The van der Waals surface area contributed by atoms with E-state index < -0.39 is 21.9 Å². The molecule has 0 spiro atoms. The lowest BCUT2D eigenvalue weighted by Crippen LogP contribution is -2.24. The molecule has 0 atom stereocenters. The van der Waals surface area contributed by atoms with E-state index in [1.54, 1.807) is 36.4 Å². The van der Waals surface area contributed by atoms with Crippen LogP contribution in [0.1, 0.15) is 21.8 Å². The maximum atomic E-state index is 13.4. The largest absolute Gasteiger partial charge is 0.497 e. The Balaban J connectivity index is 1.79. The number of carboxylic acid groups (broad SMARTS) is 1. The second kappa shape index (κ2) is 12.0. The summed E-state index contributed by atoms with van der Waals surface area (Å²) < 4.78 is 51.8. The zero-order valence-corrected chi connectivity index (χ0v) is 22.5. The Bertz CT molecular complexity index is 1610. The topological polar surface area (TPSA) is 171 Å². The molecule has 0 radical (unpaired) electrons. The van der Waals surface area contributed by atoms with Crippen molar-refractivity contribution in [3.05, 3.63) is 77.9 Å². The molecular formula is C26H26N4O9S. The molecule has 2 aromatic carbocycles. The van der Waals surface area contributed by atoms with E-state index in [1.807, 2.05) is 0 Å². The maximum absolute atomic E-state index is 13.4. The highest BCUT2D eigenvalue weighted by molar-refractivity contribution is 7.89. The van der Waals surface area contributed by atoms with Crippen LogP contribution >= 0.6 is 0 Å². The summed E-state index contributed by atoms with van der Waals surface area (Å²) in [5, 5.41) is 16.4. The highest BCUT2D eigenvalue weighted by Crippen LogP contribution is 2.35. The Morgan fingerprint density at radius 1 is 1.10 bits per heavy atom. The first-order valence-corrected chi connectivity index (χ1v) is 13.2. The van der Waals surface area contributed by atoms with Crippen molar-refractivity contribution in [2.75, 3.05) is 26.1 Å². The van der Waals surface area contributed by atoms with Crippen LogP contribution in [0.25, 0.3) is 5.69 Å². The van der Waals surface area contributed by atoms with Crippen LogP contribution in [0.3, 0.4) is 0 Å². The Hall–Kier alpha value is -4.66. The van der Waals surface area contributed by atoms with Crippen molar-refractivity contribution in [2.45, 2.75) is 18.4 Å². The monoisotopic (exact) mass is 570 g/mol. The van der Waals surface area contributed by atoms with Gasteiger partial charge in [-0.2, -0.15) is 9.78 Å². The van der Waals surface area contributed by atoms with Gasteiger partial charge in [-0.25, -0.2) is 17.9 Å². The zero-order valence-electron chi connectivity index (χ0n) is 21.7. The molecule has 2 aromatic heterocycles. The molecule has 0 saturated carbocycles. The Morgan fingerprint density at radius 3 is 2.48 bits per heavy atom. The number of aromatic carboxylic acids is 1. The lowest BCUT2D eigenvalue weighted by atomic mass is 10.2. The number of carbonyl (C=O) groups is 2. The highest BCUT2D eigenvalue weighted by Gasteiger charge is 2.26. The molecule has 4 rings (SSSR count). The molecule has 0 fully saturated rings. The molecule has 210 valence electrons. The summed E-state index contributed by atoms with van der Waals surface area (Å²) in [6.45, 7) is 1.10. The molecule has 3 N–H and O–H groups in total. The molecule has 0 bridgehead atoms. The van der Waals surface area contributed by atoms with E-state index >= 15 is 0 Å². The van der Waals surface area contributed by atoms with Crippen molar-refractivity contribution < 1.29 is 41.7 Å². The third-order valence-electron chi connectivity index (χ3n) is 5.60. The number of rotatable bonds is 12. The van der Waals surface area contributed by atoms with Gasteiger partial charge in [0.1, 0.15) is 28.8 Å². The van der Waals surface area contributed by atoms with E-state index in [1.165, 1.54) is 50.3 Å². The summed E-state index contributed by atoms with van der Waals surface area (Å²) in [6, 6.07) is 13.8. The number of ether oxygens (including phenoxy) is 3. The Morgan fingerprint density at radius 2 is 1.85 bits per heavy atom. The third-order valence-corrected chi connectivity index (χ3v) is 7.03. The number of amides is 1. The van der Waals surface area contributed by atoms with Gasteiger partial charge in [0.25, 0.3) is 0 Å². The van der Waals surface area contributed by atoms with E-state index in [4.69, 9.17) is 18.6 Å². The van der Waals surface area contributed by atoms with Crippen LogP contribution in [-0.2, 0) is 26.1 Å². The number of sulfonamides is 1. The molecule has 14 heteroatoms. The first-order valence-electron chi connectivity index (χ1n) is 11.7. The minimum atomic E-state index is -4.25. The number of anilines is 1. The van der Waals surface area contributed by atoms with Crippen molar-refractivity contribution >= 4 is 27.6 Å². The van der Waals surface area contributed by atoms with Crippen molar-refractivity contribution in [3.8, 4) is 23.1 Å². The fourth-order valence-corrected chi connectivity index (χ4v) is 4.82. The van der Waals surface area contributed by atoms with Gasteiger partial charge in [-0.3, -0.25) is 4.79 Å². The van der Waals surface area contributed by atoms with Crippen LogP contribution in [0.5, 0.6) is 17.4 Å². The van der Waals surface area contributed by atoms with Crippen molar-refractivity contribution in [1.29, 1.82) is 0 Å². The molecule has 0 unspecified atom stereocenters. The summed E-state index contributed by atoms with van der Waals surface area (Å²) in [5.41, 5.74) is 0.483. The van der Waals surface area contributed by atoms with Gasteiger partial charge in [-0.15, -0.1) is 0 Å². The minimum Gasteiger partial charge on any atom is -0.497 e. The van der Waals surface area contributed by atoms with Gasteiger partial charge in [0, 0.05) is 18.4 Å². The Kier molecular flexibility index (Phi) is 8.52. The van der Waals surface area contributed by atoms with Gasteiger partial charge in [-0.1, -0.05) is 0 Å². The number of nitrogens with one attached hydrogen (secondary N) is 2. The summed E-state index contributed by atoms with van der Waals surface area (Å²) in [7, 11) is -1.39. The van der Waals surface area contributed by atoms with Crippen molar-refractivity contribution in [2.24, 2.45) is 0 Å². The minimum absolute atomic E-state index is 0.0266. The molecule has 0 aliphatic heterocycles. The predicted octanol–water partition coefficient (Wildman–Crippen LogP) is 3.34. The maximum Gasteiger partial charge on any atom is 0.356 e. The first kappa shape index (κ1) is 28.4. The van der Waals surface area contributed by atoms with Crippen LogP contribution in [-0.4, -0.2) is 56.0 Å². The molecule has 0 aliphatic carbocycles. The van der Waals surface area contributed by atoms with Gasteiger partial charge in [-0.05, 0) is 61.5 Å². The van der Waals surface area contributed by atoms with Gasteiger partial charge < -0.3 is 29.1 Å². The van der Waals surface area contributed by atoms with Crippen LogP contribution in [0.2, 0.25) is 0 Å². The van der Waals surface area contributed by atoms with Crippen LogP contribution in [0.4, 0.5) is 5.69 Å². The smallest absolute Gasteiger partial charge is 0.356 e. The highest BCUT2D eigenvalue weighted by atomic mass is 32.2. The number of benzene rings is 2. The zero-order chi connectivity index (χ0) is 28.9. The average Bonchev–Trinajstić information content (AvgIpc) is 3.57. The number of carbonyl (C=O) groups excluding carboxylic acids is 1. The van der Waals surface area contributed by atoms with Gasteiger partial charge in [0.15, 0.2) is 5.69 Å². The van der Waals surface area contributed by atoms with Gasteiger partial charge in [0.2, 0.25) is 21.8 Å². The molecule has 13 nitrogen and oxygen atoms in total. The summed E-state index contributed by atoms with van der Waals surface area (Å²) in [5.74, 6) is -1.03. The van der Waals surface area contributed by atoms with E-state index in [0.29, 0.717) is 17.2 Å². The van der Waals surface area contributed by atoms with E-state index in [-0.39, 0.29) is 46.6 Å². The molecule has 40 heavy (non-hydrogen) atoms. The summed E-state index contributed by atoms with van der Waals surface area (Å²) >= 11 is 0. The first-order chi connectivity index (χ1) is 19.1. The lowest BCUT2D eigenvalue weighted by Gasteiger charge is -2.16. The number of nitrogens with zero attached hydrogens (tertiary/aromatic N) is 2. The van der Waals surface area contributed by atoms with E-state index in [0.717, 1.165) is 0 Å². The van der Waals surface area contributed by atoms with Gasteiger partial charge in [0.05, 0.1) is 25.6 Å². The van der Waals surface area contributed by atoms with Crippen LogP contribution in [0, 0.1) is 6.92 Å². The second-order valence-corrected chi connectivity index (χ2v) is 10.1. The summed E-state index contributed by atoms with van der Waals surface area (Å²) in [6.07, 6.45) is 1.41.